The number of amides is 1. The number of hydrogen-bond acceptors (Lipinski definition) is 4. The van der Waals surface area contributed by atoms with E-state index in [9.17, 15) is 4.79 Å². The largest absolute Gasteiger partial charge is 0.337 e. The number of halogens is 2. The molecule has 0 aliphatic rings. The van der Waals surface area contributed by atoms with Crippen LogP contribution >= 0.6 is 35.0 Å². The molecule has 26 heavy (non-hydrogen) atoms. The van der Waals surface area contributed by atoms with E-state index in [1.54, 1.807) is 31.3 Å². The molecule has 0 unspecified atom stereocenters. The molecule has 134 valence electrons. The van der Waals surface area contributed by atoms with Crippen molar-refractivity contribution in [1.29, 1.82) is 0 Å². The lowest BCUT2D eigenvalue weighted by Crippen LogP contribution is -2.23. The van der Waals surface area contributed by atoms with Gasteiger partial charge in [0.05, 0.1) is 27.9 Å². The Morgan fingerprint density at radius 3 is 2.65 bits per heavy atom. The van der Waals surface area contributed by atoms with Gasteiger partial charge in [-0.3, -0.25) is 4.79 Å². The fourth-order valence-electron chi connectivity index (χ4n) is 2.25. The number of nitrogen functional groups attached to an aromatic ring is 1. The van der Waals surface area contributed by atoms with Crippen LogP contribution in [-0.2, 0) is 4.79 Å². The van der Waals surface area contributed by atoms with Gasteiger partial charge in [-0.15, -0.1) is 0 Å². The van der Waals surface area contributed by atoms with Crippen LogP contribution in [0, 0.1) is 0 Å². The monoisotopic (exact) mass is 406 g/mol. The minimum atomic E-state index is -0.421. The topological polar surface area (TPSA) is 72.9 Å². The standard InChI is InChI=1S/C18H16Cl2N4OS/c1-11(17(25)22-15-8-7-13(19)9-14(15)20)26-18-23-16(10-24(18)21)12-5-3-2-4-6-12/h2-11H,21H2,1H3,(H,22,25)/t11-/m1/s1. The molecule has 1 atom stereocenters. The van der Waals surface area contributed by atoms with Crippen molar-refractivity contribution in [2.24, 2.45) is 0 Å². The summed E-state index contributed by atoms with van der Waals surface area (Å²) in [6.07, 6.45) is 1.73. The number of nitrogens with two attached hydrogens (primary N) is 1. The molecule has 1 aromatic heterocycles. The van der Waals surface area contributed by atoms with E-state index < -0.39 is 5.25 Å². The SMILES string of the molecule is C[C@@H](Sc1nc(-c2ccccc2)cn1N)C(=O)Nc1ccc(Cl)cc1Cl. The number of benzene rings is 2. The number of carbonyl (C=O) groups excluding carboxylic acids is 1. The fourth-order valence-corrected chi connectivity index (χ4v) is 3.51. The van der Waals surface area contributed by atoms with Gasteiger partial charge in [-0.2, -0.15) is 0 Å². The number of anilines is 1. The van der Waals surface area contributed by atoms with Crippen LogP contribution in [0.25, 0.3) is 11.3 Å². The fraction of sp³-hybridized carbons (Fsp3) is 0.111. The Morgan fingerprint density at radius 2 is 1.96 bits per heavy atom. The van der Waals surface area contributed by atoms with Gasteiger partial charge in [-0.25, -0.2) is 9.66 Å². The van der Waals surface area contributed by atoms with E-state index in [4.69, 9.17) is 29.0 Å². The highest BCUT2D eigenvalue weighted by atomic mass is 35.5. The number of carbonyl (C=O) groups is 1. The van der Waals surface area contributed by atoms with Crippen molar-refractivity contribution in [3.05, 3.63) is 64.8 Å². The Labute approximate surface area is 165 Å². The molecule has 2 aromatic carbocycles. The smallest absolute Gasteiger partial charge is 0.237 e. The molecule has 0 radical (unpaired) electrons. The Hall–Kier alpha value is -2.15. The summed E-state index contributed by atoms with van der Waals surface area (Å²) in [7, 11) is 0. The van der Waals surface area contributed by atoms with Crippen LogP contribution in [0.15, 0.2) is 59.9 Å². The van der Waals surface area contributed by atoms with E-state index in [2.05, 4.69) is 10.3 Å². The maximum absolute atomic E-state index is 12.4. The summed E-state index contributed by atoms with van der Waals surface area (Å²) in [5.41, 5.74) is 2.22. The minimum absolute atomic E-state index is 0.205. The van der Waals surface area contributed by atoms with Crippen molar-refractivity contribution in [3.8, 4) is 11.3 Å². The zero-order valence-electron chi connectivity index (χ0n) is 13.8. The molecule has 3 N–H and O–H groups in total. The van der Waals surface area contributed by atoms with Crippen LogP contribution in [0.3, 0.4) is 0 Å². The molecule has 3 rings (SSSR count). The highest BCUT2D eigenvalue weighted by Crippen LogP contribution is 2.28. The predicted molar refractivity (Wildman–Crippen MR) is 108 cm³/mol. The number of nitrogens with one attached hydrogen (secondary N) is 1. The summed E-state index contributed by atoms with van der Waals surface area (Å²) in [6.45, 7) is 1.78. The average Bonchev–Trinajstić information content (AvgIpc) is 2.98. The maximum atomic E-state index is 12.4. The highest BCUT2D eigenvalue weighted by Gasteiger charge is 2.19. The van der Waals surface area contributed by atoms with Crippen molar-refractivity contribution >= 4 is 46.6 Å². The van der Waals surface area contributed by atoms with E-state index >= 15 is 0 Å². The first-order valence-corrected chi connectivity index (χ1v) is 9.40. The van der Waals surface area contributed by atoms with Crippen LogP contribution in [-0.4, -0.2) is 20.8 Å². The zero-order chi connectivity index (χ0) is 18.7. The summed E-state index contributed by atoms with van der Waals surface area (Å²) in [5.74, 6) is 5.78. The molecule has 8 heteroatoms. The van der Waals surface area contributed by atoms with Crippen LogP contribution in [0.2, 0.25) is 10.0 Å². The molecule has 0 fully saturated rings. The molecule has 0 aliphatic heterocycles. The molecule has 0 bridgehead atoms. The van der Waals surface area contributed by atoms with Crippen molar-refractivity contribution in [2.45, 2.75) is 17.3 Å². The maximum Gasteiger partial charge on any atom is 0.237 e. The average molecular weight is 407 g/mol. The minimum Gasteiger partial charge on any atom is -0.337 e. The van der Waals surface area contributed by atoms with Crippen molar-refractivity contribution in [3.63, 3.8) is 0 Å². The number of thioether (sulfide) groups is 1. The Bertz CT molecular complexity index is 930. The second-order valence-electron chi connectivity index (χ2n) is 5.56. The molecular weight excluding hydrogens is 391 g/mol. The first kappa shape index (κ1) is 18.6. The van der Waals surface area contributed by atoms with Crippen LogP contribution in [0.1, 0.15) is 6.92 Å². The molecule has 3 aromatic rings. The molecule has 0 spiro atoms. The van der Waals surface area contributed by atoms with Gasteiger partial charge in [0.15, 0.2) is 5.16 Å². The van der Waals surface area contributed by atoms with E-state index in [1.807, 2.05) is 30.3 Å². The van der Waals surface area contributed by atoms with Gasteiger partial charge in [0, 0.05) is 10.6 Å². The third-order valence-electron chi connectivity index (χ3n) is 3.61. The van der Waals surface area contributed by atoms with E-state index in [1.165, 1.54) is 16.4 Å². The van der Waals surface area contributed by atoms with Crippen LogP contribution in [0.4, 0.5) is 5.69 Å². The number of hydrogen-bond donors (Lipinski definition) is 2. The quantitative estimate of drug-likeness (QED) is 0.476. The third kappa shape index (κ3) is 4.33. The second-order valence-corrected chi connectivity index (χ2v) is 7.71. The highest BCUT2D eigenvalue weighted by molar-refractivity contribution is 8.00. The first-order chi connectivity index (χ1) is 12.4. The Kier molecular flexibility index (Phi) is 5.76. The summed E-state index contributed by atoms with van der Waals surface area (Å²) in [5, 5.41) is 3.81. The molecule has 0 saturated carbocycles. The van der Waals surface area contributed by atoms with Gasteiger partial charge in [0.25, 0.3) is 0 Å². The zero-order valence-corrected chi connectivity index (χ0v) is 16.1. The lowest BCUT2D eigenvalue weighted by Gasteiger charge is -2.12. The van der Waals surface area contributed by atoms with E-state index in [-0.39, 0.29) is 5.91 Å². The van der Waals surface area contributed by atoms with Crippen molar-refractivity contribution < 1.29 is 4.79 Å². The van der Waals surface area contributed by atoms with E-state index in [0.717, 1.165) is 11.3 Å². The number of aromatic nitrogens is 2. The first-order valence-electron chi connectivity index (χ1n) is 7.76. The molecule has 1 amide bonds. The van der Waals surface area contributed by atoms with Gasteiger partial charge < -0.3 is 11.2 Å². The van der Waals surface area contributed by atoms with Gasteiger partial charge in [-0.1, -0.05) is 65.3 Å². The Balaban J connectivity index is 1.70. The number of nitrogens with zero attached hydrogens (tertiary/aromatic N) is 2. The van der Waals surface area contributed by atoms with Gasteiger partial charge in [0.2, 0.25) is 5.91 Å². The third-order valence-corrected chi connectivity index (χ3v) is 5.24. The van der Waals surface area contributed by atoms with Gasteiger partial charge >= 0.3 is 0 Å². The second kappa shape index (κ2) is 8.03. The molecule has 0 aliphatic carbocycles. The normalized spacial score (nSPS) is 12.0. The molecule has 5 nitrogen and oxygen atoms in total. The summed E-state index contributed by atoms with van der Waals surface area (Å²) >= 11 is 13.2. The number of rotatable bonds is 5. The number of imidazole rings is 1. The molecule has 0 saturated heterocycles. The Morgan fingerprint density at radius 1 is 1.23 bits per heavy atom. The summed E-state index contributed by atoms with van der Waals surface area (Å²) in [4.78, 5) is 17.0. The molecular formula is C18H16Cl2N4OS. The lowest BCUT2D eigenvalue weighted by atomic mass is 10.2. The lowest BCUT2D eigenvalue weighted by molar-refractivity contribution is -0.115. The van der Waals surface area contributed by atoms with Crippen LogP contribution < -0.4 is 11.2 Å². The molecule has 1 heterocycles. The van der Waals surface area contributed by atoms with Crippen LogP contribution in [0.5, 0.6) is 0 Å². The van der Waals surface area contributed by atoms with Gasteiger partial charge in [-0.05, 0) is 25.1 Å². The summed E-state index contributed by atoms with van der Waals surface area (Å²) < 4.78 is 1.42. The van der Waals surface area contributed by atoms with Crippen molar-refractivity contribution in [2.75, 3.05) is 11.2 Å². The van der Waals surface area contributed by atoms with Gasteiger partial charge in [0.1, 0.15) is 0 Å². The van der Waals surface area contributed by atoms with Crippen molar-refractivity contribution in [1.82, 2.24) is 9.66 Å². The summed E-state index contributed by atoms with van der Waals surface area (Å²) in [6, 6.07) is 14.6. The van der Waals surface area contributed by atoms with E-state index in [0.29, 0.717) is 20.9 Å². The predicted octanol–water partition coefficient (Wildman–Crippen LogP) is 4.69.